The molecule has 4 heteroatoms. The summed E-state index contributed by atoms with van der Waals surface area (Å²) in [4.78, 5) is 9.43. The minimum atomic E-state index is 0.271. The molecule has 0 spiro atoms. The normalized spacial score (nSPS) is 11.9. The Bertz CT molecular complexity index is 1850. The van der Waals surface area contributed by atoms with Crippen LogP contribution < -0.4 is 0 Å². The molecule has 2 aromatic heterocycles. The summed E-state index contributed by atoms with van der Waals surface area (Å²) in [5, 5.41) is 8.48. The fraction of sp³-hybridized carbons (Fsp3) is 0. The van der Waals surface area contributed by atoms with Crippen molar-refractivity contribution in [2.24, 2.45) is 0 Å². The quantitative estimate of drug-likeness (QED) is 0.236. The Morgan fingerprint density at radius 2 is 1.34 bits per heavy atom. The van der Waals surface area contributed by atoms with Crippen LogP contribution in [0.15, 0.2) is 91.0 Å². The van der Waals surface area contributed by atoms with Crippen LogP contribution in [0, 0.1) is 0 Å². The number of rotatable bonds is 1. The van der Waals surface area contributed by atoms with Gasteiger partial charge >= 0.3 is 0 Å². The highest BCUT2D eigenvalue weighted by atomic mass is 35.5. The van der Waals surface area contributed by atoms with E-state index >= 15 is 0 Å². The molecule has 0 aliphatic carbocycles. The first kappa shape index (κ1) is 18.1. The highest BCUT2D eigenvalue weighted by molar-refractivity contribution is 7.26. The molecule has 32 heavy (non-hydrogen) atoms. The zero-order valence-electron chi connectivity index (χ0n) is 16.8. The Kier molecular flexibility index (Phi) is 3.80. The van der Waals surface area contributed by atoms with Crippen LogP contribution in [0.5, 0.6) is 0 Å². The molecule has 0 atom stereocenters. The molecule has 0 amide bonds. The van der Waals surface area contributed by atoms with Crippen molar-refractivity contribution in [3.05, 3.63) is 96.3 Å². The second kappa shape index (κ2) is 6.73. The molecule has 0 aliphatic rings. The van der Waals surface area contributed by atoms with Crippen molar-refractivity contribution < 1.29 is 0 Å². The minimum Gasteiger partial charge on any atom is -0.217 e. The second-order valence-corrected chi connectivity index (χ2v) is 9.42. The topological polar surface area (TPSA) is 25.8 Å². The third-order valence-electron chi connectivity index (χ3n) is 6.18. The van der Waals surface area contributed by atoms with Gasteiger partial charge in [-0.25, -0.2) is 9.97 Å². The molecular weight excluding hydrogens is 432 g/mol. The van der Waals surface area contributed by atoms with Gasteiger partial charge in [0.25, 0.3) is 0 Å². The van der Waals surface area contributed by atoms with E-state index in [1.807, 2.05) is 0 Å². The van der Waals surface area contributed by atoms with Crippen LogP contribution in [0.3, 0.4) is 0 Å². The average Bonchev–Trinajstić information content (AvgIpc) is 3.19. The molecule has 2 heterocycles. The van der Waals surface area contributed by atoms with E-state index in [1.54, 1.807) is 11.3 Å². The van der Waals surface area contributed by atoms with Crippen LogP contribution >= 0.6 is 22.9 Å². The zero-order valence-corrected chi connectivity index (χ0v) is 18.4. The van der Waals surface area contributed by atoms with Crippen molar-refractivity contribution in [1.29, 1.82) is 0 Å². The molecule has 0 unspecified atom stereocenters. The number of nitrogens with zero attached hydrogens (tertiary/aromatic N) is 2. The van der Waals surface area contributed by atoms with E-state index in [0.717, 1.165) is 32.9 Å². The minimum absolute atomic E-state index is 0.271. The van der Waals surface area contributed by atoms with Gasteiger partial charge in [0, 0.05) is 31.1 Å². The van der Waals surface area contributed by atoms with E-state index in [-0.39, 0.29) is 5.28 Å². The third-order valence-corrected chi connectivity index (χ3v) is 7.47. The first-order chi connectivity index (χ1) is 15.8. The maximum Gasteiger partial charge on any atom is 0.223 e. The van der Waals surface area contributed by atoms with E-state index < -0.39 is 0 Å². The fourth-order valence-electron chi connectivity index (χ4n) is 4.75. The summed E-state index contributed by atoms with van der Waals surface area (Å²) in [5.41, 5.74) is 2.85. The van der Waals surface area contributed by atoms with Crippen molar-refractivity contribution in [3.63, 3.8) is 0 Å². The van der Waals surface area contributed by atoms with E-state index in [9.17, 15) is 0 Å². The number of benzene rings is 5. The Labute approximate surface area is 192 Å². The molecule has 0 aliphatic heterocycles. The van der Waals surface area contributed by atoms with E-state index in [0.29, 0.717) is 0 Å². The average molecular weight is 447 g/mol. The summed E-state index contributed by atoms with van der Waals surface area (Å²) in [6.07, 6.45) is 0. The van der Waals surface area contributed by atoms with Gasteiger partial charge in [-0.15, -0.1) is 11.3 Å². The molecule has 2 nitrogen and oxygen atoms in total. The van der Waals surface area contributed by atoms with Gasteiger partial charge in [0.05, 0.1) is 11.2 Å². The predicted molar refractivity (Wildman–Crippen MR) is 138 cm³/mol. The van der Waals surface area contributed by atoms with Crippen LogP contribution in [0.1, 0.15) is 0 Å². The second-order valence-electron chi connectivity index (χ2n) is 8.00. The molecule has 7 rings (SSSR count). The number of hydrogen-bond donors (Lipinski definition) is 0. The summed E-state index contributed by atoms with van der Waals surface area (Å²) >= 11 is 8.32. The van der Waals surface area contributed by atoms with Crippen molar-refractivity contribution >= 4 is 75.6 Å². The molecule has 150 valence electrons. The lowest BCUT2D eigenvalue weighted by molar-refractivity contribution is 1.23. The van der Waals surface area contributed by atoms with E-state index in [2.05, 4.69) is 91.0 Å². The van der Waals surface area contributed by atoms with Crippen LogP contribution in [-0.4, -0.2) is 9.97 Å². The lowest BCUT2D eigenvalue weighted by Crippen LogP contribution is -1.92. The van der Waals surface area contributed by atoms with Gasteiger partial charge in [0.15, 0.2) is 0 Å². The molecule has 0 saturated heterocycles. The van der Waals surface area contributed by atoms with Crippen molar-refractivity contribution in [2.45, 2.75) is 0 Å². The largest absolute Gasteiger partial charge is 0.223 e. The maximum absolute atomic E-state index is 6.52. The predicted octanol–water partition coefficient (Wildman–Crippen LogP) is 8.62. The van der Waals surface area contributed by atoms with Crippen LogP contribution in [0.2, 0.25) is 5.28 Å². The summed E-state index contributed by atoms with van der Waals surface area (Å²) in [6.45, 7) is 0. The third kappa shape index (κ3) is 2.59. The Morgan fingerprint density at radius 3 is 2.22 bits per heavy atom. The smallest absolute Gasteiger partial charge is 0.217 e. The van der Waals surface area contributed by atoms with Gasteiger partial charge in [-0.2, -0.15) is 0 Å². The maximum atomic E-state index is 6.52. The van der Waals surface area contributed by atoms with E-state index in [4.69, 9.17) is 21.6 Å². The number of thiophene rings is 1. The lowest BCUT2D eigenvalue weighted by Gasteiger charge is -2.10. The van der Waals surface area contributed by atoms with Crippen molar-refractivity contribution in [3.8, 4) is 11.3 Å². The molecule has 0 N–H and O–H groups in total. The summed E-state index contributed by atoms with van der Waals surface area (Å²) in [7, 11) is 0. The number of aromatic nitrogens is 2. The SMILES string of the molecule is Clc1nc(-c2cccc3ccccc23)c2ccc3sc4cc5ccccc5cc4c3c2n1. The fourth-order valence-corrected chi connectivity index (χ4v) is 6.06. The standard InChI is InChI=1S/C28H15ClN2S/c29-28-30-26(20-11-5-9-16-6-3-4-10-19(16)20)21-12-13-23-25(27(21)31-28)22-14-17-7-1-2-8-18(17)15-24(22)32-23/h1-15H. The van der Waals surface area contributed by atoms with Crippen LogP contribution in [0.4, 0.5) is 0 Å². The van der Waals surface area contributed by atoms with Gasteiger partial charge in [-0.05, 0) is 57.4 Å². The lowest BCUT2D eigenvalue weighted by atomic mass is 9.98. The first-order valence-electron chi connectivity index (χ1n) is 10.5. The van der Waals surface area contributed by atoms with Gasteiger partial charge < -0.3 is 0 Å². The Morgan fingerprint density at radius 1 is 0.594 bits per heavy atom. The Hall–Kier alpha value is -3.53. The molecule has 0 fully saturated rings. The summed E-state index contributed by atoms with van der Waals surface area (Å²) in [6, 6.07) is 32.1. The molecule has 0 saturated carbocycles. The summed E-state index contributed by atoms with van der Waals surface area (Å²) < 4.78 is 2.47. The molecule has 0 radical (unpaired) electrons. The van der Waals surface area contributed by atoms with E-state index in [1.165, 1.54) is 30.9 Å². The number of halogens is 1. The Balaban J connectivity index is 1.64. The molecule has 7 aromatic rings. The number of fused-ring (bicyclic) bond motifs is 7. The zero-order chi connectivity index (χ0) is 21.2. The van der Waals surface area contributed by atoms with Crippen molar-refractivity contribution in [1.82, 2.24) is 9.97 Å². The van der Waals surface area contributed by atoms with Gasteiger partial charge in [0.2, 0.25) is 5.28 Å². The first-order valence-corrected chi connectivity index (χ1v) is 11.7. The van der Waals surface area contributed by atoms with Crippen LogP contribution in [-0.2, 0) is 0 Å². The molecule has 0 bridgehead atoms. The van der Waals surface area contributed by atoms with Gasteiger partial charge in [-0.1, -0.05) is 66.7 Å². The summed E-state index contributed by atoms with van der Waals surface area (Å²) in [5.74, 6) is 0. The highest BCUT2D eigenvalue weighted by Gasteiger charge is 2.17. The van der Waals surface area contributed by atoms with Gasteiger partial charge in [-0.3, -0.25) is 0 Å². The van der Waals surface area contributed by atoms with Crippen molar-refractivity contribution in [2.75, 3.05) is 0 Å². The van der Waals surface area contributed by atoms with Crippen LogP contribution in [0.25, 0.3) is 63.9 Å². The number of hydrogen-bond acceptors (Lipinski definition) is 3. The van der Waals surface area contributed by atoms with Gasteiger partial charge in [0.1, 0.15) is 0 Å². The molecular formula is C28H15ClN2S. The monoisotopic (exact) mass is 446 g/mol. The molecule has 5 aromatic carbocycles. The highest BCUT2D eigenvalue weighted by Crippen LogP contribution is 2.42.